The van der Waals surface area contributed by atoms with Crippen molar-refractivity contribution < 1.29 is 0 Å². The Balaban J connectivity index is 2.42. The Bertz CT molecular complexity index is 486. The van der Waals surface area contributed by atoms with Crippen LogP contribution in [0.1, 0.15) is 11.1 Å². The lowest BCUT2D eigenvalue weighted by atomic mass is 10.0. The van der Waals surface area contributed by atoms with Gasteiger partial charge in [-0.05, 0) is 37.2 Å². The quantitative estimate of drug-likeness (QED) is 0.850. The Morgan fingerprint density at radius 1 is 1.31 bits per heavy atom. The summed E-state index contributed by atoms with van der Waals surface area (Å²) in [5, 5.41) is 7.60. The average molecular weight is 215 g/mol. The minimum absolute atomic E-state index is 0.889. The van der Waals surface area contributed by atoms with Crippen LogP contribution in [0.3, 0.4) is 0 Å². The zero-order valence-electron chi connectivity index (χ0n) is 9.99. The molecule has 1 aromatic carbocycles. The highest BCUT2D eigenvalue weighted by molar-refractivity contribution is 5.63. The first-order valence-corrected chi connectivity index (χ1v) is 5.45. The molecule has 0 bridgehead atoms. The molecular formula is C13H17N3. The number of hydrogen-bond acceptors (Lipinski definition) is 2. The van der Waals surface area contributed by atoms with Crippen LogP contribution in [0.2, 0.25) is 0 Å². The van der Waals surface area contributed by atoms with Crippen molar-refractivity contribution in [2.75, 3.05) is 7.05 Å². The van der Waals surface area contributed by atoms with E-state index in [2.05, 4.69) is 35.5 Å². The van der Waals surface area contributed by atoms with E-state index in [9.17, 15) is 0 Å². The first kappa shape index (κ1) is 10.9. The smallest absolute Gasteiger partial charge is 0.0925 e. The molecule has 0 saturated carbocycles. The fourth-order valence-corrected chi connectivity index (χ4v) is 1.82. The van der Waals surface area contributed by atoms with E-state index >= 15 is 0 Å². The van der Waals surface area contributed by atoms with Gasteiger partial charge >= 0.3 is 0 Å². The van der Waals surface area contributed by atoms with Crippen LogP contribution in [0.4, 0.5) is 0 Å². The van der Waals surface area contributed by atoms with Crippen LogP contribution in [0, 0.1) is 6.92 Å². The molecule has 0 aliphatic rings. The van der Waals surface area contributed by atoms with Gasteiger partial charge in [0.1, 0.15) is 0 Å². The highest BCUT2D eigenvalue weighted by Gasteiger charge is 2.05. The Labute approximate surface area is 96.1 Å². The number of benzene rings is 1. The second-order valence-electron chi connectivity index (χ2n) is 4.05. The largest absolute Gasteiger partial charge is 0.316 e. The summed E-state index contributed by atoms with van der Waals surface area (Å²) in [4.78, 5) is 0. The maximum Gasteiger partial charge on any atom is 0.0925 e. The number of aryl methyl sites for hydroxylation is 2. The topological polar surface area (TPSA) is 29.9 Å². The minimum atomic E-state index is 0.889. The molecule has 3 heteroatoms. The van der Waals surface area contributed by atoms with E-state index < -0.39 is 0 Å². The highest BCUT2D eigenvalue weighted by atomic mass is 15.2. The maximum absolute atomic E-state index is 4.44. The molecule has 0 radical (unpaired) electrons. The Hall–Kier alpha value is -1.61. The number of rotatable bonds is 3. The van der Waals surface area contributed by atoms with E-state index in [-0.39, 0.29) is 0 Å². The fourth-order valence-electron chi connectivity index (χ4n) is 1.82. The average Bonchev–Trinajstić information content (AvgIpc) is 2.68. The third-order valence-electron chi connectivity index (χ3n) is 2.67. The Morgan fingerprint density at radius 2 is 2.12 bits per heavy atom. The Morgan fingerprint density at radius 3 is 2.75 bits per heavy atom. The van der Waals surface area contributed by atoms with Gasteiger partial charge in [-0.15, -0.1) is 0 Å². The Kier molecular flexibility index (Phi) is 3.06. The molecule has 2 rings (SSSR count). The molecule has 1 heterocycles. The first-order chi connectivity index (χ1) is 7.70. The predicted octanol–water partition coefficient (Wildman–Crippen LogP) is 2.11. The summed E-state index contributed by atoms with van der Waals surface area (Å²) in [6.07, 6.45) is 1.97. The summed E-state index contributed by atoms with van der Waals surface area (Å²) in [6, 6.07) is 8.55. The predicted molar refractivity (Wildman–Crippen MR) is 66.1 cm³/mol. The molecule has 1 N–H and O–H groups in total. The van der Waals surface area contributed by atoms with Crippen LogP contribution in [-0.2, 0) is 13.6 Å². The van der Waals surface area contributed by atoms with Crippen molar-refractivity contribution in [2.24, 2.45) is 7.05 Å². The van der Waals surface area contributed by atoms with Gasteiger partial charge in [0.15, 0.2) is 0 Å². The molecule has 2 aromatic rings. The number of hydrogen-bond donors (Lipinski definition) is 1. The van der Waals surface area contributed by atoms with E-state index in [1.807, 2.05) is 31.0 Å². The first-order valence-electron chi connectivity index (χ1n) is 5.45. The third-order valence-corrected chi connectivity index (χ3v) is 2.67. The van der Waals surface area contributed by atoms with Crippen molar-refractivity contribution in [3.8, 4) is 11.3 Å². The summed E-state index contributed by atoms with van der Waals surface area (Å²) in [5.41, 5.74) is 4.80. The van der Waals surface area contributed by atoms with E-state index in [1.165, 1.54) is 16.7 Å². The maximum atomic E-state index is 4.44. The van der Waals surface area contributed by atoms with Crippen molar-refractivity contribution in [3.05, 3.63) is 41.6 Å². The van der Waals surface area contributed by atoms with Crippen LogP contribution in [-0.4, -0.2) is 16.8 Å². The SMILES string of the molecule is CNCc1ccc(C)c(-c2ccn(C)n2)c1. The van der Waals surface area contributed by atoms with Gasteiger partial charge < -0.3 is 5.32 Å². The van der Waals surface area contributed by atoms with E-state index in [0.717, 1.165) is 12.2 Å². The molecule has 0 spiro atoms. The molecule has 16 heavy (non-hydrogen) atoms. The normalized spacial score (nSPS) is 10.7. The van der Waals surface area contributed by atoms with Crippen LogP contribution >= 0.6 is 0 Å². The van der Waals surface area contributed by atoms with Gasteiger partial charge in [0.25, 0.3) is 0 Å². The standard InChI is InChI=1S/C13H17N3/c1-10-4-5-11(9-14-2)8-12(10)13-6-7-16(3)15-13/h4-8,14H,9H2,1-3H3. The zero-order chi connectivity index (χ0) is 11.5. The molecule has 1 aromatic heterocycles. The van der Waals surface area contributed by atoms with Crippen molar-refractivity contribution in [2.45, 2.75) is 13.5 Å². The molecule has 0 saturated heterocycles. The molecule has 0 fully saturated rings. The lowest BCUT2D eigenvalue weighted by Gasteiger charge is -2.06. The van der Waals surface area contributed by atoms with Crippen LogP contribution in [0.5, 0.6) is 0 Å². The molecule has 84 valence electrons. The van der Waals surface area contributed by atoms with Crippen LogP contribution in [0.15, 0.2) is 30.5 Å². The van der Waals surface area contributed by atoms with Gasteiger partial charge in [-0.3, -0.25) is 4.68 Å². The molecular weight excluding hydrogens is 198 g/mol. The second kappa shape index (κ2) is 4.49. The second-order valence-corrected chi connectivity index (χ2v) is 4.05. The van der Waals surface area contributed by atoms with Crippen molar-refractivity contribution >= 4 is 0 Å². The number of nitrogens with zero attached hydrogens (tertiary/aromatic N) is 2. The summed E-state index contributed by atoms with van der Waals surface area (Å²) in [6.45, 7) is 3.01. The fraction of sp³-hybridized carbons (Fsp3) is 0.308. The van der Waals surface area contributed by atoms with Gasteiger partial charge in [-0.2, -0.15) is 5.10 Å². The summed E-state index contributed by atoms with van der Waals surface area (Å²) >= 11 is 0. The third kappa shape index (κ3) is 2.14. The van der Waals surface area contributed by atoms with Crippen molar-refractivity contribution in [1.82, 2.24) is 15.1 Å². The van der Waals surface area contributed by atoms with E-state index in [1.54, 1.807) is 0 Å². The molecule has 0 aliphatic carbocycles. The summed E-state index contributed by atoms with van der Waals surface area (Å²) in [5.74, 6) is 0. The van der Waals surface area contributed by atoms with Crippen LogP contribution < -0.4 is 5.32 Å². The molecule has 0 unspecified atom stereocenters. The monoisotopic (exact) mass is 215 g/mol. The van der Waals surface area contributed by atoms with E-state index in [0.29, 0.717) is 0 Å². The zero-order valence-corrected chi connectivity index (χ0v) is 9.99. The van der Waals surface area contributed by atoms with Crippen molar-refractivity contribution in [1.29, 1.82) is 0 Å². The van der Waals surface area contributed by atoms with Crippen molar-refractivity contribution in [3.63, 3.8) is 0 Å². The molecule has 0 amide bonds. The van der Waals surface area contributed by atoms with Crippen LogP contribution in [0.25, 0.3) is 11.3 Å². The molecule has 0 aliphatic heterocycles. The summed E-state index contributed by atoms with van der Waals surface area (Å²) in [7, 11) is 3.90. The van der Waals surface area contributed by atoms with Gasteiger partial charge in [0.05, 0.1) is 5.69 Å². The molecule has 0 atom stereocenters. The number of aromatic nitrogens is 2. The van der Waals surface area contributed by atoms with Gasteiger partial charge in [-0.1, -0.05) is 12.1 Å². The minimum Gasteiger partial charge on any atom is -0.316 e. The van der Waals surface area contributed by atoms with E-state index in [4.69, 9.17) is 0 Å². The number of nitrogens with one attached hydrogen (secondary N) is 1. The van der Waals surface area contributed by atoms with Gasteiger partial charge in [0, 0.05) is 25.4 Å². The van der Waals surface area contributed by atoms with Gasteiger partial charge in [-0.25, -0.2) is 0 Å². The highest BCUT2D eigenvalue weighted by Crippen LogP contribution is 2.22. The molecule has 3 nitrogen and oxygen atoms in total. The lowest BCUT2D eigenvalue weighted by Crippen LogP contribution is -2.05. The lowest BCUT2D eigenvalue weighted by molar-refractivity contribution is 0.770. The summed E-state index contributed by atoms with van der Waals surface area (Å²) < 4.78 is 1.83. The van der Waals surface area contributed by atoms with Gasteiger partial charge in [0.2, 0.25) is 0 Å².